The van der Waals surface area contributed by atoms with Crippen LogP contribution in [-0.2, 0) is 15.8 Å². The van der Waals surface area contributed by atoms with Gasteiger partial charge >= 0.3 is 12.1 Å². The minimum absolute atomic E-state index is 0.0277. The molecule has 0 spiro atoms. The molecular weight excluding hydrogens is 521 g/mol. The highest BCUT2D eigenvalue weighted by molar-refractivity contribution is 9.10. The number of hydrogen-bond acceptors (Lipinski definition) is 4. The number of phenolic OH excluding ortho intramolecular Hbond substituents is 1. The minimum atomic E-state index is -4.64. The second-order valence-corrected chi connectivity index (χ2v) is 8.10. The second-order valence-electron chi connectivity index (χ2n) is 6.81. The first-order chi connectivity index (χ1) is 14.8. The van der Waals surface area contributed by atoms with Crippen molar-refractivity contribution in [2.45, 2.75) is 25.6 Å². The summed E-state index contributed by atoms with van der Waals surface area (Å²) in [6.45, 7) is 0.748. The Morgan fingerprint density at radius 3 is 2.41 bits per heavy atom. The molecule has 2 amide bonds. The Kier molecular flexibility index (Phi) is 8.13. The number of nitrogens with one attached hydrogen (secondary N) is 2. The fraction of sp³-hybridized carbons (Fsp3) is 0.250. The number of carboxylic acid groups (broad SMARTS) is 1. The first-order valence-electron chi connectivity index (χ1n) is 8.94. The summed E-state index contributed by atoms with van der Waals surface area (Å²) in [5.74, 6) is -3.36. The van der Waals surface area contributed by atoms with Crippen LogP contribution in [0.2, 0.25) is 5.02 Å². The van der Waals surface area contributed by atoms with Crippen molar-refractivity contribution >= 4 is 45.3 Å². The van der Waals surface area contributed by atoms with Crippen LogP contribution in [0.4, 0.5) is 13.2 Å². The largest absolute Gasteiger partial charge is 0.506 e. The van der Waals surface area contributed by atoms with Crippen molar-refractivity contribution in [2.24, 2.45) is 0 Å². The van der Waals surface area contributed by atoms with Crippen LogP contribution >= 0.6 is 27.5 Å². The molecule has 0 aliphatic rings. The van der Waals surface area contributed by atoms with Crippen molar-refractivity contribution in [1.82, 2.24) is 10.6 Å². The highest BCUT2D eigenvalue weighted by atomic mass is 79.9. The molecule has 2 aromatic rings. The highest BCUT2D eigenvalue weighted by Crippen LogP contribution is 2.36. The number of carbonyl (C=O) groups excluding carboxylic acids is 2. The Balaban J connectivity index is 2.14. The second kappa shape index (κ2) is 10.2. The Labute approximate surface area is 193 Å². The van der Waals surface area contributed by atoms with Gasteiger partial charge in [-0.2, -0.15) is 13.2 Å². The number of aryl methyl sites for hydroxylation is 1. The van der Waals surface area contributed by atoms with Crippen molar-refractivity contribution in [3.63, 3.8) is 0 Å². The van der Waals surface area contributed by atoms with E-state index in [1.54, 1.807) is 0 Å². The maximum Gasteiger partial charge on any atom is 0.416 e. The molecule has 1 unspecified atom stereocenters. The zero-order valence-electron chi connectivity index (χ0n) is 16.4. The predicted molar refractivity (Wildman–Crippen MR) is 112 cm³/mol. The Bertz CT molecular complexity index is 1060. The molecule has 4 N–H and O–H groups in total. The van der Waals surface area contributed by atoms with Gasteiger partial charge in [0.05, 0.1) is 29.0 Å². The average molecular weight is 538 g/mol. The van der Waals surface area contributed by atoms with Crippen LogP contribution in [0.5, 0.6) is 5.75 Å². The van der Waals surface area contributed by atoms with E-state index >= 15 is 0 Å². The van der Waals surface area contributed by atoms with Gasteiger partial charge in [0.15, 0.2) is 0 Å². The SMILES string of the molecule is Cc1cc(C(=O)NCC(=O)NC(CC(=O)O)c2cc(Cl)cc(Br)c2O)cc(C(F)(F)F)c1. The normalized spacial score (nSPS) is 12.2. The Morgan fingerprint density at radius 1 is 1.16 bits per heavy atom. The van der Waals surface area contributed by atoms with Gasteiger partial charge < -0.3 is 20.8 Å². The molecule has 0 bridgehead atoms. The van der Waals surface area contributed by atoms with Gasteiger partial charge in [-0.25, -0.2) is 0 Å². The third-order valence-corrected chi connectivity index (χ3v) is 5.05. The summed E-state index contributed by atoms with van der Waals surface area (Å²) in [6, 6.07) is 4.24. The van der Waals surface area contributed by atoms with E-state index in [1.807, 2.05) is 0 Å². The lowest BCUT2D eigenvalue weighted by atomic mass is 10.0. The predicted octanol–water partition coefficient (Wildman–Crippen LogP) is 4.20. The summed E-state index contributed by atoms with van der Waals surface area (Å²) in [6.07, 6.45) is -5.25. The van der Waals surface area contributed by atoms with Crippen LogP contribution in [-0.4, -0.2) is 34.5 Å². The number of aromatic hydroxyl groups is 1. The summed E-state index contributed by atoms with van der Waals surface area (Å²) in [5, 5.41) is 24.0. The average Bonchev–Trinajstić information content (AvgIpc) is 2.66. The van der Waals surface area contributed by atoms with Crippen LogP contribution in [0.3, 0.4) is 0 Å². The molecule has 1 atom stereocenters. The molecule has 0 aromatic heterocycles. The number of carbonyl (C=O) groups is 3. The summed E-state index contributed by atoms with van der Waals surface area (Å²) in [5.41, 5.74) is -1.06. The fourth-order valence-corrected chi connectivity index (χ4v) is 3.68. The molecule has 0 saturated carbocycles. The van der Waals surface area contributed by atoms with E-state index in [0.29, 0.717) is 6.07 Å². The molecule has 0 radical (unpaired) electrons. The third kappa shape index (κ3) is 6.86. The van der Waals surface area contributed by atoms with Gasteiger partial charge in [-0.05, 0) is 58.7 Å². The van der Waals surface area contributed by atoms with Crippen molar-refractivity contribution in [2.75, 3.05) is 6.54 Å². The Morgan fingerprint density at radius 2 is 1.81 bits per heavy atom. The summed E-state index contributed by atoms with van der Waals surface area (Å²) >= 11 is 9.00. The van der Waals surface area contributed by atoms with Gasteiger partial charge in [0, 0.05) is 16.1 Å². The van der Waals surface area contributed by atoms with E-state index in [1.165, 1.54) is 25.1 Å². The van der Waals surface area contributed by atoms with Crippen molar-refractivity contribution in [3.8, 4) is 5.75 Å². The topological polar surface area (TPSA) is 116 Å². The third-order valence-electron chi connectivity index (χ3n) is 4.22. The van der Waals surface area contributed by atoms with E-state index in [2.05, 4.69) is 26.6 Å². The molecule has 0 heterocycles. The van der Waals surface area contributed by atoms with Gasteiger partial charge in [-0.15, -0.1) is 0 Å². The first-order valence-corrected chi connectivity index (χ1v) is 10.1. The van der Waals surface area contributed by atoms with Crippen LogP contribution in [0.25, 0.3) is 0 Å². The van der Waals surface area contributed by atoms with Gasteiger partial charge in [0.25, 0.3) is 5.91 Å². The van der Waals surface area contributed by atoms with E-state index in [9.17, 15) is 32.7 Å². The molecule has 0 fully saturated rings. The number of phenols is 1. The number of rotatable bonds is 7. The zero-order valence-corrected chi connectivity index (χ0v) is 18.7. The number of hydrogen-bond donors (Lipinski definition) is 4. The van der Waals surface area contributed by atoms with Crippen LogP contribution < -0.4 is 10.6 Å². The lowest BCUT2D eigenvalue weighted by molar-refractivity contribution is -0.138. The fourth-order valence-electron chi connectivity index (χ4n) is 2.85. The maximum atomic E-state index is 12.9. The molecule has 2 aromatic carbocycles. The molecule has 32 heavy (non-hydrogen) atoms. The highest BCUT2D eigenvalue weighted by Gasteiger charge is 2.31. The molecule has 0 saturated heterocycles. The van der Waals surface area contributed by atoms with Gasteiger partial charge in [-0.1, -0.05) is 11.6 Å². The molecule has 12 heteroatoms. The van der Waals surface area contributed by atoms with Crippen LogP contribution in [0, 0.1) is 6.92 Å². The Hall–Kier alpha value is -2.79. The zero-order chi connectivity index (χ0) is 24.2. The monoisotopic (exact) mass is 536 g/mol. The molecule has 0 aliphatic carbocycles. The van der Waals surface area contributed by atoms with Gasteiger partial charge in [0.2, 0.25) is 5.91 Å². The van der Waals surface area contributed by atoms with E-state index in [4.69, 9.17) is 16.7 Å². The maximum absolute atomic E-state index is 12.9. The van der Waals surface area contributed by atoms with Crippen molar-refractivity contribution in [1.29, 1.82) is 0 Å². The van der Waals surface area contributed by atoms with Gasteiger partial charge in [0.1, 0.15) is 5.75 Å². The van der Waals surface area contributed by atoms with E-state index in [0.717, 1.165) is 6.07 Å². The number of benzene rings is 2. The smallest absolute Gasteiger partial charge is 0.416 e. The summed E-state index contributed by atoms with van der Waals surface area (Å²) in [7, 11) is 0. The van der Waals surface area contributed by atoms with Crippen molar-refractivity contribution < 1.29 is 37.8 Å². The summed E-state index contributed by atoms with van der Waals surface area (Å²) < 4.78 is 39.0. The quantitative estimate of drug-likeness (QED) is 0.423. The molecular formula is C20H17BrClF3N2O5. The summed E-state index contributed by atoms with van der Waals surface area (Å²) in [4.78, 5) is 35.7. The van der Waals surface area contributed by atoms with E-state index in [-0.39, 0.29) is 31.9 Å². The van der Waals surface area contributed by atoms with E-state index < -0.39 is 48.5 Å². The molecule has 7 nitrogen and oxygen atoms in total. The van der Waals surface area contributed by atoms with Crippen molar-refractivity contribution in [3.05, 3.63) is 62.1 Å². The standard InChI is InChI=1S/C20H17BrClF3N2O5/c1-9-2-10(4-11(3-9)20(23,24)25)19(32)26-8-16(28)27-15(7-17(29)30)13-5-12(22)6-14(21)18(13)31/h2-6,15,31H,7-8H2,1H3,(H,26,32)(H,27,28)(H,29,30). The number of halogens is 5. The van der Waals surface area contributed by atoms with Crippen LogP contribution in [0.15, 0.2) is 34.8 Å². The molecule has 2 rings (SSSR count). The minimum Gasteiger partial charge on any atom is -0.506 e. The lowest BCUT2D eigenvalue weighted by Gasteiger charge is -2.20. The number of alkyl halides is 3. The van der Waals surface area contributed by atoms with Gasteiger partial charge in [-0.3, -0.25) is 14.4 Å². The van der Waals surface area contributed by atoms with Crippen LogP contribution in [0.1, 0.15) is 39.5 Å². The number of carboxylic acids is 1. The molecule has 172 valence electrons. The lowest BCUT2D eigenvalue weighted by Crippen LogP contribution is -2.39. The number of aliphatic carboxylic acids is 1. The number of amides is 2. The first kappa shape index (κ1) is 25.5. The molecule has 0 aliphatic heterocycles.